The number of benzene rings is 2. The molecule has 1 aliphatic rings. The van der Waals surface area contributed by atoms with Crippen LogP contribution >= 0.6 is 23.4 Å². The summed E-state index contributed by atoms with van der Waals surface area (Å²) in [7, 11) is 0. The zero-order chi connectivity index (χ0) is 21.8. The van der Waals surface area contributed by atoms with Crippen molar-refractivity contribution < 1.29 is 19.3 Å². The van der Waals surface area contributed by atoms with Crippen molar-refractivity contribution in [1.82, 2.24) is 4.90 Å². The van der Waals surface area contributed by atoms with E-state index in [0.29, 0.717) is 23.0 Å². The summed E-state index contributed by atoms with van der Waals surface area (Å²) in [5.41, 5.74) is 1.72. The largest absolute Gasteiger partial charge is 0.325 e. The van der Waals surface area contributed by atoms with E-state index in [-0.39, 0.29) is 15.6 Å². The highest BCUT2D eigenvalue weighted by Crippen LogP contribution is 2.33. The lowest BCUT2D eigenvalue weighted by molar-refractivity contribution is -0.384. The first kappa shape index (κ1) is 21.5. The molecule has 2 aromatic carbocycles. The number of nitro benzene ring substituents is 1. The van der Waals surface area contributed by atoms with Gasteiger partial charge in [0, 0.05) is 11.8 Å². The van der Waals surface area contributed by atoms with Crippen molar-refractivity contribution in [3.05, 3.63) is 73.6 Å². The van der Waals surface area contributed by atoms with Crippen LogP contribution in [-0.2, 0) is 16.0 Å². The predicted octanol–water partition coefficient (Wildman–Crippen LogP) is 4.49. The van der Waals surface area contributed by atoms with E-state index in [9.17, 15) is 24.5 Å². The number of nitro groups is 1. The van der Waals surface area contributed by atoms with Crippen molar-refractivity contribution in [1.29, 1.82) is 0 Å². The summed E-state index contributed by atoms with van der Waals surface area (Å²) < 4.78 is 0. The lowest BCUT2D eigenvalue weighted by Crippen LogP contribution is -2.36. The van der Waals surface area contributed by atoms with Gasteiger partial charge in [0.2, 0.25) is 5.91 Å². The van der Waals surface area contributed by atoms with Gasteiger partial charge in [-0.15, -0.1) is 0 Å². The maximum Gasteiger partial charge on any atom is 0.294 e. The van der Waals surface area contributed by atoms with Gasteiger partial charge in [-0.3, -0.25) is 29.4 Å². The Morgan fingerprint density at radius 1 is 1.23 bits per heavy atom. The average molecular weight is 446 g/mol. The van der Waals surface area contributed by atoms with E-state index in [4.69, 9.17) is 11.6 Å². The Hall–Kier alpha value is -3.17. The van der Waals surface area contributed by atoms with Crippen LogP contribution < -0.4 is 5.32 Å². The molecule has 0 aromatic heterocycles. The molecular formula is C20H16ClN3O5S. The molecule has 1 saturated heterocycles. The maximum absolute atomic E-state index is 12.6. The van der Waals surface area contributed by atoms with Crippen LogP contribution in [0.15, 0.2) is 47.4 Å². The Kier molecular flexibility index (Phi) is 6.53. The van der Waals surface area contributed by atoms with E-state index in [2.05, 4.69) is 5.32 Å². The number of nitrogens with zero attached hydrogens (tertiary/aromatic N) is 2. The molecule has 1 aliphatic heterocycles. The normalized spacial score (nSPS) is 15.0. The number of imide groups is 1. The summed E-state index contributed by atoms with van der Waals surface area (Å²) in [6, 6.07) is 11.3. The van der Waals surface area contributed by atoms with Crippen LogP contribution in [0.3, 0.4) is 0 Å². The van der Waals surface area contributed by atoms with Crippen LogP contribution in [0.5, 0.6) is 0 Å². The third-order valence-electron chi connectivity index (χ3n) is 4.29. The summed E-state index contributed by atoms with van der Waals surface area (Å²) in [4.78, 5) is 48.3. The van der Waals surface area contributed by atoms with E-state index in [1.165, 1.54) is 24.3 Å². The van der Waals surface area contributed by atoms with Crippen molar-refractivity contribution >= 4 is 57.9 Å². The number of anilines is 1. The van der Waals surface area contributed by atoms with E-state index < -0.39 is 28.5 Å². The number of rotatable bonds is 6. The standard InChI is InChI=1S/C20H16ClN3O5S/c1-2-12-3-6-14(7-4-12)22-18(25)11-23-19(26)17(30-20(23)27)10-13-5-8-15(21)16(9-13)24(28)29/h3-10H,2,11H2,1H3,(H,22,25)/b17-10-. The number of thioether (sulfide) groups is 1. The van der Waals surface area contributed by atoms with Gasteiger partial charge in [-0.1, -0.05) is 36.7 Å². The third kappa shape index (κ3) is 4.87. The Balaban J connectivity index is 1.71. The first-order valence-electron chi connectivity index (χ1n) is 8.86. The van der Waals surface area contributed by atoms with Gasteiger partial charge < -0.3 is 5.32 Å². The molecule has 3 rings (SSSR count). The molecule has 0 spiro atoms. The zero-order valence-corrected chi connectivity index (χ0v) is 17.3. The van der Waals surface area contributed by atoms with E-state index in [0.717, 1.165) is 16.9 Å². The van der Waals surface area contributed by atoms with Crippen molar-refractivity contribution in [2.45, 2.75) is 13.3 Å². The smallest absolute Gasteiger partial charge is 0.294 e. The SMILES string of the molecule is CCc1ccc(NC(=O)CN2C(=O)S/C(=C\c3ccc(Cl)c([N+](=O)[O-])c3)C2=O)cc1. The lowest BCUT2D eigenvalue weighted by atomic mass is 10.1. The van der Waals surface area contributed by atoms with Crippen LogP contribution in [0.4, 0.5) is 16.2 Å². The summed E-state index contributed by atoms with van der Waals surface area (Å²) in [6.07, 6.45) is 2.23. The molecule has 154 valence electrons. The molecule has 0 atom stereocenters. The van der Waals surface area contributed by atoms with Gasteiger partial charge in [-0.25, -0.2) is 0 Å². The number of nitrogens with one attached hydrogen (secondary N) is 1. The summed E-state index contributed by atoms with van der Waals surface area (Å²) >= 11 is 6.45. The molecule has 1 N–H and O–H groups in total. The topological polar surface area (TPSA) is 110 Å². The first-order chi connectivity index (χ1) is 14.3. The molecule has 8 nitrogen and oxygen atoms in total. The van der Waals surface area contributed by atoms with Crippen LogP contribution in [0, 0.1) is 10.1 Å². The Labute approximate surface area is 181 Å². The molecule has 0 radical (unpaired) electrons. The average Bonchev–Trinajstić information content (AvgIpc) is 2.97. The molecular weight excluding hydrogens is 430 g/mol. The number of aryl methyl sites for hydroxylation is 1. The number of halogens is 1. The van der Waals surface area contributed by atoms with Gasteiger partial charge in [-0.05, 0) is 53.6 Å². The summed E-state index contributed by atoms with van der Waals surface area (Å²) in [6.45, 7) is 1.58. The number of amides is 3. The van der Waals surface area contributed by atoms with Crippen molar-refractivity contribution in [2.75, 3.05) is 11.9 Å². The molecule has 0 bridgehead atoms. The van der Waals surface area contributed by atoms with E-state index in [1.54, 1.807) is 12.1 Å². The second-order valence-corrected chi connectivity index (χ2v) is 7.73. The second kappa shape index (κ2) is 9.10. The Morgan fingerprint density at radius 3 is 2.57 bits per heavy atom. The minimum absolute atomic E-state index is 0.0334. The number of hydrogen-bond donors (Lipinski definition) is 1. The highest BCUT2D eigenvalue weighted by Gasteiger charge is 2.36. The fraction of sp³-hybridized carbons (Fsp3) is 0.150. The molecule has 1 heterocycles. The molecule has 30 heavy (non-hydrogen) atoms. The maximum atomic E-state index is 12.6. The van der Waals surface area contributed by atoms with E-state index in [1.807, 2.05) is 19.1 Å². The van der Waals surface area contributed by atoms with Crippen LogP contribution in [0.2, 0.25) is 5.02 Å². The molecule has 0 unspecified atom stereocenters. The molecule has 3 amide bonds. The fourth-order valence-corrected chi connectivity index (χ4v) is 3.74. The predicted molar refractivity (Wildman–Crippen MR) is 115 cm³/mol. The summed E-state index contributed by atoms with van der Waals surface area (Å²) in [5, 5.41) is 13.0. The van der Waals surface area contributed by atoms with Gasteiger partial charge in [0.1, 0.15) is 11.6 Å². The number of carbonyl (C=O) groups excluding carboxylic acids is 3. The third-order valence-corrected chi connectivity index (χ3v) is 5.51. The lowest BCUT2D eigenvalue weighted by Gasteiger charge is -2.12. The molecule has 10 heteroatoms. The molecule has 2 aromatic rings. The highest BCUT2D eigenvalue weighted by atomic mass is 35.5. The van der Waals surface area contributed by atoms with Crippen molar-refractivity contribution in [3.8, 4) is 0 Å². The Morgan fingerprint density at radius 2 is 1.93 bits per heavy atom. The van der Waals surface area contributed by atoms with Crippen molar-refractivity contribution in [3.63, 3.8) is 0 Å². The van der Waals surface area contributed by atoms with Gasteiger partial charge in [-0.2, -0.15) is 0 Å². The quantitative estimate of drug-likeness (QED) is 0.398. The van der Waals surface area contributed by atoms with Gasteiger partial charge in [0.15, 0.2) is 0 Å². The van der Waals surface area contributed by atoms with Crippen molar-refractivity contribution in [2.24, 2.45) is 0 Å². The van der Waals surface area contributed by atoms with Gasteiger partial charge in [0.05, 0.1) is 9.83 Å². The van der Waals surface area contributed by atoms with Crippen LogP contribution in [-0.4, -0.2) is 33.4 Å². The second-order valence-electron chi connectivity index (χ2n) is 6.33. The monoisotopic (exact) mass is 445 g/mol. The highest BCUT2D eigenvalue weighted by molar-refractivity contribution is 8.18. The van der Waals surface area contributed by atoms with E-state index >= 15 is 0 Å². The minimum atomic E-state index is -0.640. The fourth-order valence-electron chi connectivity index (χ4n) is 2.71. The number of hydrogen-bond acceptors (Lipinski definition) is 6. The summed E-state index contributed by atoms with van der Waals surface area (Å²) in [5.74, 6) is -1.15. The number of carbonyl (C=O) groups is 3. The Bertz CT molecular complexity index is 1070. The van der Waals surface area contributed by atoms with Gasteiger partial charge in [0.25, 0.3) is 16.8 Å². The van der Waals surface area contributed by atoms with Gasteiger partial charge >= 0.3 is 0 Å². The van der Waals surface area contributed by atoms with Crippen LogP contribution in [0.25, 0.3) is 6.08 Å². The minimum Gasteiger partial charge on any atom is -0.325 e. The first-order valence-corrected chi connectivity index (χ1v) is 10.1. The molecule has 1 fully saturated rings. The zero-order valence-electron chi connectivity index (χ0n) is 15.8. The molecule has 0 saturated carbocycles. The molecule has 0 aliphatic carbocycles. The van der Waals surface area contributed by atoms with Crippen LogP contribution in [0.1, 0.15) is 18.1 Å².